The Hall–Kier alpha value is -0.0951. The van der Waals surface area contributed by atoms with E-state index in [9.17, 15) is 0 Å². The molecule has 1 saturated carbocycles. The zero-order chi connectivity index (χ0) is 11.4. The van der Waals surface area contributed by atoms with Crippen LogP contribution in [0.2, 0.25) is 6.32 Å². The van der Waals surface area contributed by atoms with Gasteiger partial charge in [-0.1, -0.05) is 6.42 Å². The SMILES string of the molecule is CN(C)CC1CC(CCB(O)O)CC1N. The van der Waals surface area contributed by atoms with Crippen LogP contribution in [0.5, 0.6) is 0 Å². The van der Waals surface area contributed by atoms with Crippen molar-refractivity contribution in [2.75, 3.05) is 20.6 Å². The molecule has 0 aromatic carbocycles. The van der Waals surface area contributed by atoms with E-state index < -0.39 is 7.12 Å². The van der Waals surface area contributed by atoms with Crippen molar-refractivity contribution >= 4 is 7.12 Å². The van der Waals surface area contributed by atoms with Gasteiger partial charge < -0.3 is 20.7 Å². The van der Waals surface area contributed by atoms with Crippen molar-refractivity contribution < 1.29 is 10.0 Å². The van der Waals surface area contributed by atoms with Crippen LogP contribution < -0.4 is 5.73 Å². The smallest absolute Gasteiger partial charge is 0.427 e. The van der Waals surface area contributed by atoms with Crippen molar-refractivity contribution in [2.45, 2.75) is 31.6 Å². The van der Waals surface area contributed by atoms with Crippen molar-refractivity contribution in [3.05, 3.63) is 0 Å². The monoisotopic (exact) mass is 214 g/mol. The van der Waals surface area contributed by atoms with Gasteiger partial charge >= 0.3 is 7.12 Å². The third kappa shape index (κ3) is 4.51. The Morgan fingerprint density at radius 1 is 1.33 bits per heavy atom. The maximum Gasteiger partial charge on any atom is 0.451 e. The van der Waals surface area contributed by atoms with Crippen LogP contribution >= 0.6 is 0 Å². The minimum absolute atomic E-state index is 0.285. The molecule has 4 nitrogen and oxygen atoms in total. The predicted octanol–water partition coefficient (Wildman–Crippen LogP) is -0.236. The van der Waals surface area contributed by atoms with Gasteiger partial charge in [0.25, 0.3) is 0 Å². The van der Waals surface area contributed by atoms with Gasteiger partial charge in [-0.05, 0) is 45.1 Å². The molecule has 0 amide bonds. The quantitative estimate of drug-likeness (QED) is 0.552. The van der Waals surface area contributed by atoms with Gasteiger partial charge in [0.1, 0.15) is 0 Å². The lowest BCUT2D eigenvalue weighted by Crippen LogP contribution is -2.32. The van der Waals surface area contributed by atoms with Crippen LogP contribution in [0, 0.1) is 11.8 Å². The highest BCUT2D eigenvalue weighted by Crippen LogP contribution is 2.33. The minimum atomic E-state index is -1.16. The second-order valence-corrected chi connectivity index (χ2v) is 5.08. The largest absolute Gasteiger partial charge is 0.451 e. The second kappa shape index (κ2) is 5.84. The Balaban J connectivity index is 2.28. The van der Waals surface area contributed by atoms with E-state index in [1.807, 2.05) is 0 Å². The van der Waals surface area contributed by atoms with Crippen LogP contribution in [0.4, 0.5) is 0 Å². The molecule has 1 aliphatic carbocycles. The van der Waals surface area contributed by atoms with Crippen LogP contribution in [0.25, 0.3) is 0 Å². The molecule has 5 heteroatoms. The first-order valence-corrected chi connectivity index (χ1v) is 5.75. The molecule has 0 saturated heterocycles. The Kier molecular flexibility index (Phi) is 5.05. The summed E-state index contributed by atoms with van der Waals surface area (Å²) in [5, 5.41) is 17.6. The van der Waals surface area contributed by atoms with E-state index in [-0.39, 0.29) is 6.04 Å². The summed E-state index contributed by atoms with van der Waals surface area (Å²) in [5.41, 5.74) is 6.07. The van der Waals surface area contributed by atoms with Crippen LogP contribution in [-0.2, 0) is 0 Å². The molecule has 1 aliphatic rings. The van der Waals surface area contributed by atoms with Gasteiger partial charge in [-0.25, -0.2) is 0 Å². The molecule has 15 heavy (non-hydrogen) atoms. The van der Waals surface area contributed by atoms with Gasteiger partial charge in [-0.3, -0.25) is 0 Å². The summed E-state index contributed by atoms with van der Waals surface area (Å²) < 4.78 is 0. The molecule has 1 fully saturated rings. The third-order valence-corrected chi connectivity index (χ3v) is 3.28. The molecule has 1 rings (SSSR count). The van der Waals surface area contributed by atoms with E-state index in [4.69, 9.17) is 15.8 Å². The Morgan fingerprint density at radius 3 is 2.53 bits per heavy atom. The summed E-state index contributed by atoms with van der Waals surface area (Å²) in [6.45, 7) is 1.04. The van der Waals surface area contributed by atoms with Crippen LogP contribution in [0.1, 0.15) is 19.3 Å². The third-order valence-electron chi connectivity index (χ3n) is 3.28. The molecular weight excluding hydrogens is 191 g/mol. The lowest BCUT2D eigenvalue weighted by atomic mass is 9.80. The normalized spacial score (nSPS) is 31.2. The fourth-order valence-electron chi connectivity index (χ4n) is 2.58. The zero-order valence-corrected chi connectivity index (χ0v) is 9.76. The second-order valence-electron chi connectivity index (χ2n) is 5.08. The summed E-state index contributed by atoms with van der Waals surface area (Å²) in [7, 11) is 2.98. The number of rotatable bonds is 5. The lowest BCUT2D eigenvalue weighted by molar-refractivity contribution is 0.305. The number of hydrogen-bond acceptors (Lipinski definition) is 4. The van der Waals surface area contributed by atoms with Gasteiger partial charge in [0.15, 0.2) is 0 Å². The highest BCUT2D eigenvalue weighted by atomic mass is 16.4. The van der Waals surface area contributed by atoms with Gasteiger partial charge in [0.2, 0.25) is 0 Å². The van der Waals surface area contributed by atoms with Crippen molar-refractivity contribution in [3.8, 4) is 0 Å². The van der Waals surface area contributed by atoms with Crippen molar-refractivity contribution in [3.63, 3.8) is 0 Å². The minimum Gasteiger partial charge on any atom is -0.427 e. The summed E-state index contributed by atoms with van der Waals surface area (Å²) in [5.74, 6) is 1.15. The summed E-state index contributed by atoms with van der Waals surface area (Å²) in [4.78, 5) is 2.17. The molecule has 3 atom stereocenters. The zero-order valence-electron chi connectivity index (χ0n) is 9.76. The Morgan fingerprint density at radius 2 is 2.00 bits per heavy atom. The van der Waals surface area contributed by atoms with E-state index in [0.717, 1.165) is 25.8 Å². The van der Waals surface area contributed by atoms with Crippen molar-refractivity contribution in [1.29, 1.82) is 0 Å². The van der Waals surface area contributed by atoms with E-state index in [1.165, 1.54) is 0 Å². The predicted molar refractivity (Wildman–Crippen MR) is 62.4 cm³/mol. The molecule has 0 aromatic heterocycles. The standard InChI is InChI=1S/C10H23BN2O2/c1-13(2)7-9-5-8(6-10(9)12)3-4-11(14)15/h8-10,14-15H,3-7,12H2,1-2H3. The summed E-state index contributed by atoms with van der Waals surface area (Å²) >= 11 is 0. The van der Waals surface area contributed by atoms with E-state index in [2.05, 4.69) is 19.0 Å². The number of nitrogens with zero attached hydrogens (tertiary/aromatic N) is 1. The molecule has 0 aliphatic heterocycles. The molecule has 88 valence electrons. The molecule has 0 bridgehead atoms. The van der Waals surface area contributed by atoms with E-state index in [1.54, 1.807) is 0 Å². The summed E-state index contributed by atoms with van der Waals surface area (Å²) in [6, 6.07) is 0.285. The lowest BCUT2D eigenvalue weighted by Gasteiger charge is -2.19. The molecule has 0 radical (unpaired) electrons. The fourth-order valence-corrected chi connectivity index (χ4v) is 2.58. The van der Waals surface area contributed by atoms with Crippen molar-refractivity contribution in [2.24, 2.45) is 17.6 Å². The topological polar surface area (TPSA) is 69.7 Å². The Labute approximate surface area is 92.6 Å². The molecule has 0 spiro atoms. The molecule has 4 N–H and O–H groups in total. The first-order chi connectivity index (χ1) is 6.99. The van der Waals surface area contributed by atoms with Gasteiger partial charge in [-0.2, -0.15) is 0 Å². The number of hydrogen-bond donors (Lipinski definition) is 3. The van der Waals surface area contributed by atoms with Crippen LogP contribution in [-0.4, -0.2) is 48.7 Å². The number of nitrogens with two attached hydrogens (primary N) is 1. The van der Waals surface area contributed by atoms with Crippen LogP contribution in [0.3, 0.4) is 0 Å². The van der Waals surface area contributed by atoms with Gasteiger partial charge in [-0.15, -0.1) is 0 Å². The first-order valence-electron chi connectivity index (χ1n) is 5.75. The maximum absolute atomic E-state index is 8.81. The molecule has 0 aromatic rings. The van der Waals surface area contributed by atoms with Gasteiger partial charge in [0.05, 0.1) is 0 Å². The average molecular weight is 214 g/mol. The first kappa shape index (κ1) is 13.0. The van der Waals surface area contributed by atoms with Crippen molar-refractivity contribution in [1.82, 2.24) is 4.90 Å². The average Bonchev–Trinajstić information content (AvgIpc) is 2.43. The van der Waals surface area contributed by atoms with E-state index >= 15 is 0 Å². The molecule has 3 unspecified atom stereocenters. The molecule has 0 heterocycles. The highest BCUT2D eigenvalue weighted by molar-refractivity contribution is 6.40. The highest BCUT2D eigenvalue weighted by Gasteiger charge is 2.32. The summed E-state index contributed by atoms with van der Waals surface area (Å²) in [6.07, 6.45) is 3.53. The van der Waals surface area contributed by atoms with E-state index in [0.29, 0.717) is 18.2 Å². The fraction of sp³-hybridized carbons (Fsp3) is 1.00. The molecular formula is C10H23BN2O2. The van der Waals surface area contributed by atoms with Gasteiger partial charge in [0, 0.05) is 12.6 Å². The maximum atomic E-state index is 8.81. The van der Waals surface area contributed by atoms with Crippen LogP contribution in [0.15, 0.2) is 0 Å². The Bertz CT molecular complexity index is 190.